The molecule has 4 nitrogen and oxygen atoms in total. The maximum Gasteiger partial charge on any atom is 0.135 e. The fourth-order valence-corrected chi connectivity index (χ4v) is 2.07. The summed E-state index contributed by atoms with van der Waals surface area (Å²) < 4.78 is 5.16. The van der Waals surface area contributed by atoms with Crippen LogP contribution in [-0.4, -0.2) is 36.3 Å². The Kier molecular flexibility index (Phi) is 4.40. The average molecular weight is 270 g/mol. The molecule has 0 bridgehead atoms. The van der Waals surface area contributed by atoms with Crippen LogP contribution in [0.5, 0.6) is 0 Å². The molecule has 1 aromatic rings. The van der Waals surface area contributed by atoms with Crippen LogP contribution >= 0.6 is 11.6 Å². The number of anilines is 1. The summed E-state index contributed by atoms with van der Waals surface area (Å²) in [4.78, 5) is 11.2. The van der Waals surface area contributed by atoms with Crippen LogP contribution in [-0.2, 0) is 4.74 Å². The highest BCUT2D eigenvalue weighted by Gasteiger charge is 2.30. The molecule has 100 valence electrons. The monoisotopic (exact) mass is 269 g/mol. The van der Waals surface area contributed by atoms with E-state index in [9.17, 15) is 0 Å². The standard InChI is InChI=1S/C13H20ClN3O/c1-9(2)13-15-11(14)8-12(16-13)17(6-7-18-3)10-4-5-10/h8-10H,4-7H2,1-3H3. The quantitative estimate of drug-likeness (QED) is 0.745. The Hall–Kier alpha value is -0.870. The van der Waals surface area contributed by atoms with Gasteiger partial charge in [0.1, 0.15) is 16.8 Å². The zero-order valence-electron chi connectivity index (χ0n) is 11.2. The zero-order valence-corrected chi connectivity index (χ0v) is 11.9. The van der Waals surface area contributed by atoms with Crippen LogP contribution in [0.3, 0.4) is 0 Å². The summed E-state index contributed by atoms with van der Waals surface area (Å²) in [6.45, 7) is 5.71. The van der Waals surface area contributed by atoms with E-state index in [1.165, 1.54) is 12.8 Å². The summed E-state index contributed by atoms with van der Waals surface area (Å²) >= 11 is 6.09. The predicted octanol–water partition coefficient (Wildman–Crippen LogP) is 2.87. The van der Waals surface area contributed by atoms with E-state index in [4.69, 9.17) is 16.3 Å². The van der Waals surface area contributed by atoms with Gasteiger partial charge in [-0.15, -0.1) is 0 Å². The van der Waals surface area contributed by atoms with E-state index in [0.717, 1.165) is 18.2 Å². The van der Waals surface area contributed by atoms with Crippen molar-refractivity contribution in [1.29, 1.82) is 0 Å². The van der Waals surface area contributed by atoms with Gasteiger partial charge in [-0.1, -0.05) is 25.4 Å². The van der Waals surface area contributed by atoms with Gasteiger partial charge in [-0.3, -0.25) is 0 Å². The molecule has 0 N–H and O–H groups in total. The number of ether oxygens (including phenoxy) is 1. The molecule has 0 amide bonds. The summed E-state index contributed by atoms with van der Waals surface area (Å²) in [7, 11) is 1.72. The zero-order chi connectivity index (χ0) is 13.1. The molecule has 5 heteroatoms. The molecule has 0 saturated heterocycles. The maximum atomic E-state index is 6.09. The normalized spacial score (nSPS) is 15.2. The largest absolute Gasteiger partial charge is 0.383 e. The number of hydrogen-bond donors (Lipinski definition) is 0. The highest BCUT2D eigenvalue weighted by atomic mass is 35.5. The van der Waals surface area contributed by atoms with Gasteiger partial charge in [0.25, 0.3) is 0 Å². The van der Waals surface area contributed by atoms with Gasteiger partial charge >= 0.3 is 0 Å². The van der Waals surface area contributed by atoms with Crippen LogP contribution in [0.15, 0.2) is 6.07 Å². The van der Waals surface area contributed by atoms with Crippen molar-refractivity contribution >= 4 is 17.4 Å². The van der Waals surface area contributed by atoms with Crippen molar-refractivity contribution in [3.63, 3.8) is 0 Å². The molecule has 1 saturated carbocycles. The second kappa shape index (κ2) is 5.85. The van der Waals surface area contributed by atoms with Crippen LogP contribution in [0.25, 0.3) is 0 Å². The van der Waals surface area contributed by atoms with Crippen molar-refractivity contribution in [2.45, 2.75) is 38.6 Å². The molecule has 1 fully saturated rings. The Bertz CT molecular complexity index is 407. The lowest BCUT2D eigenvalue weighted by Gasteiger charge is -2.24. The molecule has 1 aromatic heterocycles. The SMILES string of the molecule is COCCN(c1cc(Cl)nc(C(C)C)n1)C1CC1. The van der Waals surface area contributed by atoms with Gasteiger partial charge in [-0.2, -0.15) is 0 Å². The first-order valence-electron chi connectivity index (χ1n) is 6.42. The fraction of sp³-hybridized carbons (Fsp3) is 0.692. The number of rotatable bonds is 6. The van der Waals surface area contributed by atoms with Crippen molar-refractivity contribution in [2.75, 3.05) is 25.2 Å². The van der Waals surface area contributed by atoms with Crippen LogP contribution in [0, 0.1) is 0 Å². The third-order valence-electron chi connectivity index (χ3n) is 3.03. The number of nitrogens with zero attached hydrogens (tertiary/aromatic N) is 3. The smallest absolute Gasteiger partial charge is 0.135 e. The number of hydrogen-bond acceptors (Lipinski definition) is 4. The Labute approximate surface area is 113 Å². The Morgan fingerprint density at radius 1 is 1.44 bits per heavy atom. The van der Waals surface area contributed by atoms with Crippen LogP contribution in [0.4, 0.5) is 5.82 Å². The van der Waals surface area contributed by atoms with Gasteiger partial charge in [-0.05, 0) is 12.8 Å². The van der Waals surface area contributed by atoms with Crippen molar-refractivity contribution < 1.29 is 4.74 Å². The van der Waals surface area contributed by atoms with E-state index in [1.807, 2.05) is 6.07 Å². The first-order chi connectivity index (χ1) is 8.61. The second-order valence-electron chi connectivity index (χ2n) is 4.98. The van der Waals surface area contributed by atoms with E-state index in [2.05, 4.69) is 28.7 Å². The summed E-state index contributed by atoms with van der Waals surface area (Å²) in [5.41, 5.74) is 0. The predicted molar refractivity (Wildman–Crippen MR) is 73.4 cm³/mol. The first-order valence-corrected chi connectivity index (χ1v) is 6.79. The molecule has 0 spiro atoms. The van der Waals surface area contributed by atoms with E-state index in [1.54, 1.807) is 7.11 Å². The van der Waals surface area contributed by atoms with Crippen molar-refractivity contribution in [2.24, 2.45) is 0 Å². The summed E-state index contributed by atoms with van der Waals surface area (Å²) in [5, 5.41) is 0.520. The van der Waals surface area contributed by atoms with Gasteiger partial charge < -0.3 is 9.64 Å². The molecule has 1 heterocycles. The van der Waals surface area contributed by atoms with Crippen molar-refractivity contribution in [1.82, 2.24) is 9.97 Å². The summed E-state index contributed by atoms with van der Waals surface area (Å²) in [6, 6.07) is 2.44. The molecule has 2 rings (SSSR count). The number of halogens is 1. The number of aromatic nitrogens is 2. The first kappa shape index (κ1) is 13.6. The highest BCUT2D eigenvalue weighted by molar-refractivity contribution is 6.29. The fourth-order valence-electron chi connectivity index (χ4n) is 1.89. The minimum atomic E-state index is 0.283. The van der Waals surface area contributed by atoms with Gasteiger partial charge in [0.05, 0.1) is 6.61 Å². The van der Waals surface area contributed by atoms with Gasteiger partial charge in [-0.25, -0.2) is 9.97 Å². The van der Waals surface area contributed by atoms with E-state index >= 15 is 0 Å². The van der Waals surface area contributed by atoms with Crippen LogP contribution in [0.2, 0.25) is 5.15 Å². The lowest BCUT2D eigenvalue weighted by molar-refractivity contribution is 0.204. The maximum absolute atomic E-state index is 6.09. The Balaban J connectivity index is 2.23. The molecule has 18 heavy (non-hydrogen) atoms. The molecule has 1 aliphatic rings. The Morgan fingerprint density at radius 2 is 2.17 bits per heavy atom. The molecule has 0 atom stereocenters. The third-order valence-corrected chi connectivity index (χ3v) is 3.23. The molecule has 0 radical (unpaired) electrons. The molecule has 0 unspecified atom stereocenters. The molecule has 0 aliphatic heterocycles. The van der Waals surface area contributed by atoms with Gasteiger partial charge in [0.15, 0.2) is 0 Å². The van der Waals surface area contributed by atoms with Crippen molar-refractivity contribution in [3.05, 3.63) is 17.0 Å². The topological polar surface area (TPSA) is 38.2 Å². The van der Waals surface area contributed by atoms with Crippen molar-refractivity contribution in [3.8, 4) is 0 Å². The second-order valence-corrected chi connectivity index (χ2v) is 5.37. The van der Waals surface area contributed by atoms with Crippen LogP contribution in [0.1, 0.15) is 38.4 Å². The highest BCUT2D eigenvalue weighted by Crippen LogP contribution is 2.31. The van der Waals surface area contributed by atoms with E-state index in [0.29, 0.717) is 17.8 Å². The molecule has 1 aliphatic carbocycles. The summed E-state index contributed by atoms with van der Waals surface area (Å²) in [6.07, 6.45) is 2.45. The minimum Gasteiger partial charge on any atom is -0.383 e. The lowest BCUT2D eigenvalue weighted by Crippen LogP contribution is -2.30. The lowest BCUT2D eigenvalue weighted by atomic mass is 10.2. The average Bonchev–Trinajstić information content (AvgIpc) is 3.13. The van der Waals surface area contributed by atoms with Gasteiger partial charge in [0, 0.05) is 31.7 Å². The number of methoxy groups -OCH3 is 1. The minimum absolute atomic E-state index is 0.283. The van der Waals surface area contributed by atoms with Crippen LogP contribution < -0.4 is 4.90 Å². The molecule has 0 aromatic carbocycles. The third kappa shape index (κ3) is 3.33. The summed E-state index contributed by atoms with van der Waals surface area (Å²) in [5.74, 6) is 2.02. The molecular weight excluding hydrogens is 250 g/mol. The van der Waals surface area contributed by atoms with Gasteiger partial charge in [0.2, 0.25) is 0 Å². The van der Waals surface area contributed by atoms with E-state index in [-0.39, 0.29) is 5.92 Å². The Morgan fingerprint density at radius 3 is 2.72 bits per heavy atom. The van der Waals surface area contributed by atoms with E-state index < -0.39 is 0 Å². The molecular formula is C13H20ClN3O.